The van der Waals surface area contributed by atoms with Crippen LogP contribution in [0.5, 0.6) is 11.5 Å². The van der Waals surface area contributed by atoms with Gasteiger partial charge in [0.05, 0.1) is 4.90 Å². The Morgan fingerprint density at radius 1 is 0.970 bits per heavy atom. The summed E-state index contributed by atoms with van der Waals surface area (Å²) < 4.78 is 38.5. The topological polar surface area (TPSA) is 79.4 Å². The Balaban J connectivity index is 1.21. The van der Waals surface area contributed by atoms with Crippen molar-refractivity contribution in [3.63, 3.8) is 0 Å². The van der Waals surface area contributed by atoms with E-state index in [2.05, 4.69) is 4.90 Å². The molecule has 8 nitrogen and oxygen atoms in total. The van der Waals surface area contributed by atoms with Crippen molar-refractivity contribution in [3.8, 4) is 11.5 Å². The second-order valence-corrected chi connectivity index (χ2v) is 10.8. The third-order valence-corrected chi connectivity index (χ3v) is 8.61. The minimum Gasteiger partial charge on any atom is -0.454 e. The Bertz CT molecular complexity index is 1130. The Morgan fingerprint density at radius 3 is 2.45 bits per heavy atom. The molecule has 10 heteroatoms. The van der Waals surface area contributed by atoms with E-state index in [1.165, 1.54) is 16.4 Å². The van der Waals surface area contributed by atoms with E-state index in [1.807, 2.05) is 18.2 Å². The highest BCUT2D eigenvalue weighted by atomic mass is 35.5. The number of hydrogen-bond acceptors (Lipinski definition) is 6. The molecule has 0 radical (unpaired) electrons. The maximum absolute atomic E-state index is 13.3. The van der Waals surface area contributed by atoms with Gasteiger partial charge in [-0.15, -0.1) is 0 Å². The number of ether oxygens (including phenoxy) is 2. The molecule has 0 spiro atoms. The average Bonchev–Trinajstić information content (AvgIpc) is 3.49. The number of halogens is 1. The molecule has 5 rings (SSSR count). The summed E-state index contributed by atoms with van der Waals surface area (Å²) in [6.45, 7) is 3.99. The van der Waals surface area contributed by atoms with Crippen LogP contribution >= 0.6 is 11.6 Å². The summed E-state index contributed by atoms with van der Waals surface area (Å²) in [5.74, 6) is 1.43. The summed E-state index contributed by atoms with van der Waals surface area (Å²) in [7, 11) is -3.75. The maximum Gasteiger partial charge on any atom is 0.243 e. The van der Waals surface area contributed by atoms with Crippen molar-refractivity contribution in [1.29, 1.82) is 0 Å². The zero-order chi connectivity index (χ0) is 23.0. The number of fused-ring (bicyclic) bond motifs is 1. The predicted molar refractivity (Wildman–Crippen MR) is 123 cm³/mol. The second-order valence-electron chi connectivity index (χ2n) is 8.52. The van der Waals surface area contributed by atoms with Gasteiger partial charge in [-0.3, -0.25) is 9.69 Å². The van der Waals surface area contributed by atoms with Gasteiger partial charge < -0.3 is 14.4 Å². The maximum atomic E-state index is 13.3. The molecular formula is C23H26ClN3O5S. The smallest absolute Gasteiger partial charge is 0.243 e. The molecular weight excluding hydrogens is 466 g/mol. The van der Waals surface area contributed by atoms with Crippen LogP contribution in [-0.4, -0.2) is 74.0 Å². The molecule has 2 saturated heterocycles. The average molecular weight is 492 g/mol. The van der Waals surface area contributed by atoms with Crippen LogP contribution in [0.3, 0.4) is 0 Å². The lowest BCUT2D eigenvalue weighted by molar-refractivity contribution is -0.136. The summed E-state index contributed by atoms with van der Waals surface area (Å²) in [5.41, 5.74) is 1.13. The molecule has 0 unspecified atom stereocenters. The van der Waals surface area contributed by atoms with E-state index in [1.54, 1.807) is 17.0 Å². The zero-order valence-electron chi connectivity index (χ0n) is 18.2. The van der Waals surface area contributed by atoms with Gasteiger partial charge >= 0.3 is 0 Å². The first-order valence-corrected chi connectivity index (χ1v) is 12.9. The minimum atomic E-state index is -3.75. The van der Waals surface area contributed by atoms with E-state index >= 15 is 0 Å². The Labute approximate surface area is 198 Å². The number of hydrogen-bond donors (Lipinski definition) is 0. The number of nitrogens with zero attached hydrogens (tertiary/aromatic N) is 3. The van der Waals surface area contributed by atoms with Gasteiger partial charge in [0.15, 0.2) is 11.5 Å². The Hall–Kier alpha value is -2.33. The molecule has 3 heterocycles. The molecule has 2 aromatic rings. The molecule has 1 amide bonds. The molecule has 2 aromatic carbocycles. The van der Waals surface area contributed by atoms with Crippen molar-refractivity contribution in [3.05, 3.63) is 53.1 Å². The molecule has 0 saturated carbocycles. The van der Waals surface area contributed by atoms with Crippen LogP contribution in [-0.2, 0) is 21.4 Å². The number of sulfonamides is 1. The fourth-order valence-electron chi connectivity index (χ4n) is 4.65. The van der Waals surface area contributed by atoms with Gasteiger partial charge in [0.1, 0.15) is 6.04 Å². The van der Waals surface area contributed by atoms with Gasteiger partial charge in [-0.25, -0.2) is 8.42 Å². The van der Waals surface area contributed by atoms with Crippen molar-refractivity contribution in [2.24, 2.45) is 0 Å². The lowest BCUT2D eigenvalue weighted by atomic mass is 10.1. The first kappa shape index (κ1) is 22.5. The van der Waals surface area contributed by atoms with Crippen molar-refractivity contribution in [2.75, 3.05) is 39.5 Å². The third-order valence-electron chi connectivity index (χ3n) is 6.44. The highest BCUT2D eigenvalue weighted by Crippen LogP contribution is 2.33. The summed E-state index contributed by atoms with van der Waals surface area (Å²) >= 11 is 5.90. The molecule has 0 N–H and O–H groups in total. The fourth-order valence-corrected chi connectivity index (χ4v) is 6.43. The fraction of sp³-hybridized carbons (Fsp3) is 0.435. The van der Waals surface area contributed by atoms with Crippen LogP contribution in [0.1, 0.15) is 18.4 Å². The molecule has 33 heavy (non-hydrogen) atoms. The van der Waals surface area contributed by atoms with E-state index < -0.39 is 16.1 Å². The van der Waals surface area contributed by atoms with Gasteiger partial charge in [0.25, 0.3) is 0 Å². The van der Waals surface area contributed by atoms with E-state index in [0.717, 1.165) is 36.7 Å². The summed E-state index contributed by atoms with van der Waals surface area (Å²) in [6.07, 6.45) is 1.22. The van der Waals surface area contributed by atoms with Crippen molar-refractivity contribution >= 4 is 27.5 Å². The normalized spacial score (nSPS) is 21.5. The number of piperazine rings is 1. The van der Waals surface area contributed by atoms with Crippen LogP contribution in [0.25, 0.3) is 0 Å². The largest absolute Gasteiger partial charge is 0.454 e. The van der Waals surface area contributed by atoms with Crippen molar-refractivity contribution < 1.29 is 22.7 Å². The second kappa shape index (κ2) is 9.13. The van der Waals surface area contributed by atoms with Gasteiger partial charge in [0, 0.05) is 44.3 Å². The molecule has 2 fully saturated rings. The van der Waals surface area contributed by atoms with Crippen LogP contribution in [0.15, 0.2) is 47.4 Å². The standard InChI is InChI=1S/C23H26ClN3O5S/c24-18-4-6-19(7-5-18)33(29,30)27-9-1-2-20(27)23(28)26-12-10-25(11-13-26)15-17-3-8-21-22(14-17)32-16-31-21/h3-8,14,20H,1-2,9-13,15-16H2/t20-/m0/s1. The lowest BCUT2D eigenvalue weighted by Crippen LogP contribution is -2.54. The predicted octanol–water partition coefficient (Wildman–Crippen LogP) is 2.57. The first-order chi connectivity index (χ1) is 15.9. The van der Waals surface area contributed by atoms with Crippen LogP contribution in [0.2, 0.25) is 5.02 Å². The summed E-state index contributed by atoms with van der Waals surface area (Å²) in [5, 5.41) is 0.474. The molecule has 1 atom stereocenters. The van der Waals surface area contributed by atoms with E-state index in [4.69, 9.17) is 21.1 Å². The molecule has 3 aliphatic rings. The minimum absolute atomic E-state index is 0.104. The SMILES string of the molecule is O=C([C@@H]1CCCN1S(=O)(=O)c1ccc(Cl)cc1)N1CCN(Cc2ccc3c(c2)OCO3)CC1. The highest BCUT2D eigenvalue weighted by Gasteiger charge is 2.41. The van der Waals surface area contributed by atoms with Crippen LogP contribution < -0.4 is 9.47 Å². The van der Waals surface area contributed by atoms with Crippen LogP contribution in [0, 0.1) is 0 Å². The van der Waals surface area contributed by atoms with Gasteiger partial charge in [0.2, 0.25) is 22.7 Å². The third kappa shape index (κ3) is 4.55. The highest BCUT2D eigenvalue weighted by molar-refractivity contribution is 7.89. The molecule has 3 aliphatic heterocycles. The monoisotopic (exact) mass is 491 g/mol. The number of amides is 1. The zero-order valence-corrected chi connectivity index (χ0v) is 19.7. The number of carbonyl (C=O) groups excluding carboxylic acids is 1. The van der Waals surface area contributed by atoms with E-state index in [0.29, 0.717) is 37.5 Å². The Kier molecular flexibility index (Phi) is 6.22. The van der Waals surface area contributed by atoms with Crippen molar-refractivity contribution in [2.45, 2.75) is 30.3 Å². The van der Waals surface area contributed by atoms with Gasteiger partial charge in [-0.2, -0.15) is 4.31 Å². The lowest BCUT2D eigenvalue weighted by Gasteiger charge is -2.37. The van der Waals surface area contributed by atoms with E-state index in [9.17, 15) is 13.2 Å². The van der Waals surface area contributed by atoms with Crippen LogP contribution in [0.4, 0.5) is 0 Å². The number of benzene rings is 2. The summed E-state index contributed by atoms with van der Waals surface area (Å²) in [4.78, 5) is 17.5. The number of rotatable bonds is 5. The van der Waals surface area contributed by atoms with E-state index in [-0.39, 0.29) is 17.6 Å². The molecule has 0 aliphatic carbocycles. The molecule has 0 bridgehead atoms. The first-order valence-electron chi connectivity index (χ1n) is 11.1. The number of carbonyl (C=O) groups is 1. The molecule has 176 valence electrons. The van der Waals surface area contributed by atoms with Gasteiger partial charge in [-0.05, 0) is 54.8 Å². The Morgan fingerprint density at radius 2 is 1.70 bits per heavy atom. The van der Waals surface area contributed by atoms with Gasteiger partial charge in [-0.1, -0.05) is 17.7 Å². The molecule has 0 aromatic heterocycles. The quantitative estimate of drug-likeness (QED) is 0.639. The summed E-state index contributed by atoms with van der Waals surface area (Å²) in [6, 6.07) is 11.4. The van der Waals surface area contributed by atoms with Crippen molar-refractivity contribution in [1.82, 2.24) is 14.1 Å².